The predicted molar refractivity (Wildman–Crippen MR) is 82.2 cm³/mol. The summed E-state index contributed by atoms with van der Waals surface area (Å²) in [5, 5.41) is 1.59. The molecular formula is C14H9BrClFO2S. The lowest BCUT2D eigenvalue weighted by Crippen LogP contribution is -1.90. The molecule has 20 heavy (non-hydrogen) atoms. The van der Waals surface area contributed by atoms with Gasteiger partial charge in [-0.2, -0.15) is 0 Å². The highest BCUT2D eigenvalue weighted by Crippen LogP contribution is 2.32. The molecule has 6 heteroatoms. The minimum absolute atomic E-state index is 0.250. The summed E-state index contributed by atoms with van der Waals surface area (Å²) < 4.78 is 31.0. The average molecular weight is 376 g/mol. The summed E-state index contributed by atoms with van der Waals surface area (Å²) in [6.07, 6.45) is 0. The molecule has 0 bridgehead atoms. The Morgan fingerprint density at radius 1 is 1.30 bits per heavy atom. The summed E-state index contributed by atoms with van der Waals surface area (Å²) in [5.41, 5.74) is 0. The minimum atomic E-state index is -1.27. The third-order valence-electron chi connectivity index (χ3n) is 2.35. The first-order chi connectivity index (χ1) is 9.49. The van der Waals surface area contributed by atoms with Gasteiger partial charge in [-0.3, -0.25) is 0 Å². The molecule has 104 valence electrons. The number of hydrogen-bond donors (Lipinski definition) is 0. The molecule has 1 atom stereocenters. The SMILES string of the molecule is C=CS(=O)c1ccc(Oc2cc(F)cc(Cl)c2)c(Br)c1. The number of halogens is 3. The molecule has 0 radical (unpaired) electrons. The molecule has 0 aliphatic rings. The molecule has 0 aliphatic heterocycles. The summed E-state index contributed by atoms with van der Waals surface area (Å²) in [4.78, 5) is 0.594. The topological polar surface area (TPSA) is 26.3 Å². The Labute approximate surface area is 131 Å². The van der Waals surface area contributed by atoms with Crippen molar-refractivity contribution in [3.63, 3.8) is 0 Å². The molecular weight excluding hydrogens is 367 g/mol. The van der Waals surface area contributed by atoms with Crippen LogP contribution in [0.25, 0.3) is 0 Å². The maximum Gasteiger partial charge on any atom is 0.141 e. The summed E-state index contributed by atoms with van der Waals surface area (Å²) in [5.74, 6) is 0.276. The number of hydrogen-bond acceptors (Lipinski definition) is 2. The van der Waals surface area contributed by atoms with Gasteiger partial charge in [-0.25, -0.2) is 8.60 Å². The molecule has 0 saturated heterocycles. The van der Waals surface area contributed by atoms with Gasteiger partial charge in [0.1, 0.15) is 17.3 Å². The van der Waals surface area contributed by atoms with Crippen LogP contribution in [0.2, 0.25) is 5.02 Å². The quantitative estimate of drug-likeness (QED) is 0.726. The molecule has 2 nitrogen and oxygen atoms in total. The molecule has 2 aromatic rings. The Balaban J connectivity index is 2.30. The zero-order chi connectivity index (χ0) is 14.7. The lowest BCUT2D eigenvalue weighted by Gasteiger charge is -2.09. The predicted octanol–water partition coefficient (Wildman–Crippen LogP) is 5.29. The van der Waals surface area contributed by atoms with E-state index in [-0.39, 0.29) is 10.8 Å². The van der Waals surface area contributed by atoms with Crippen molar-refractivity contribution >= 4 is 38.3 Å². The van der Waals surface area contributed by atoms with Crippen LogP contribution in [0, 0.1) is 5.82 Å². The third-order valence-corrected chi connectivity index (χ3v) is 4.21. The first kappa shape index (κ1) is 15.2. The van der Waals surface area contributed by atoms with Crippen LogP contribution in [0.3, 0.4) is 0 Å². The van der Waals surface area contributed by atoms with E-state index >= 15 is 0 Å². The van der Waals surface area contributed by atoms with Crippen LogP contribution in [-0.4, -0.2) is 4.21 Å². The number of ether oxygens (including phenoxy) is 1. The fourth-order valence-corrected chi connectivity index (χ4v) is 2.95. The number of rotatable bonds is 4. The summed E-state index contributed by atoms with van der Waals surface area (Å²) in [6.45, 7) is 3.47. The monoisotopic (exact) mass is 374 g/mol. The molecule has 0 heterocycles. The van der Waals surface area contributed by atoms with Gasteiger partial charge < -0.3 is 4.74 Å². The molecule has 2 rings (SSSR count). The molecule has 0 aromatic heterocycles. The van der Waals surface area contributed by atoms with E-state index in [2.05, 4.69) is 22.5 Å². The molecule has 2 aromatic carbocycles. The maximum atomic E-state index is 13.2. The molecule has 0 N–H and O–H groups in total. The van der Waals surface area contributed by atoms with Crippen LogP contribution in [0.1, 0.15) is 0 Å². The van der Waals surface area contributed by atoms with Gasteiger partial charge in [-0.05, 0) is 46.3 Å². The van der Waals surface area contributed by atoms with E-state index in [4.69, 9.17) is 16.3 Å². The van der Waals surface area contributed by atoms with Gasteiger partial charge in [0.15, 0.2) is 0 Å². The van der Waals surface area contributed by atoms with Gasteiger partial charge >= 0.3 is 0 Å². The van der Waals surface area contributed by atoms with E-state index < -0.39 is 16.6 Å². The van der Waals surface area contributed by atoms with Crippen LogP contribution >= 0.6 is 27.5 Å². The van der Waals surface area contributed by atoms with Gasteiger partial charge in [0, 0.05) is 21.4 Å². The standard InChI is InChI=1S/C14H9BrClFO2S/c1-2-20(18)12-3-4-14(13(15)8-12)19-11-6-9(16)5-10(17)7-11/h2-8H,1H2. The Morgan fingerprint density at radius 3 is 2.65 bits per heavy atom. The van der Waals surface area contributed by atoms with Gasteiger partial charge in [0.05, 0.1) is 15.3 Å². The molecule has 1 unspecified atom stereocenters. The Morgan fingerprint density at radius 2 is 2.05 bits per heavy atom. The van der Waals surface area contributed by atoms with Crippen LogP contribution in [-0.2, 0) is 10.8 Å². The second kappa shape index (κ2) is 6.52. The number of benzene rings is 2. The van der Waals surface area contributed by atoms with Crippen molar-refractivity contribution in [3.05, 3.63) is 63.7 Å². The van der Waals surface area contributed by atoms with Crippen LogP contribution < -0.4 is 4.74 Å². The highest BCUT2D eigenvalue weighted by Gasteiger charge is 2.08. The average Bonchev–Trinajstić information content (AvgIpc) is 2.39. The van der Waals surface area contributed by atoms with Gasteiger partial charge in [0.2, 0.25) is 0 Å². The summed E-state index contributed by atoms with van der Waals surface area (Å²) in [7, 11) is -1.27. The first-order valence-corrected chi connectivity index (χ1v) is 7.84. The van der Waals surface area contributed by atoms with Gasteiger partial charge in [0.25, 0.3) is 0 Å². The highest BCUT2D eigenvalue weighted by atomic mass is 79.9. The Hall–Kier alpha value is -1.17. The minimum Gasteiger partial charge on any atom is -0.456 e. The third kappa shape index (κ3) is 3.69. The fourth-order valence-electron chi connectivity index (χ4n) is 1.50. The van der Waals surface area contributed by atoms with E-state index in [1.165, 1.54) is 23.6 Å². The van der Waals surface area contributed by atoms with E-state index in [9.17, 15) is 8.60 Å². The van der Waals surface area contributed by atoms with E-state index in [0.717, 1.165) is 0 Å². The maximum absolute atomic E-state index is 13.2. The van der Waals surface area contributed by atoms with Crippen molar-refractivity contribution in [2.24, 2.45) is 0 Å². The van der Waals surface area contributed by atoms with E-state index in [1.807, 2.05) is 0 Å². The Bertz CT molecular complexity index is 671. The van der Waals surface area contributed by atoms with E-state index in [1.54, 1.807) is 18.2 Å². The van der Waals surface area contributed by atoms with Crippen LogP contribution in [0.5, 0.6) is 11.5 Å². The van der Waals surface area contributed by atoms with Crippen LogP contribution in [0.4, 0.5) is 4.39 Å². The van der Waals surface area contributed by atoms with Crippen molar-refractivity contribution in [2.75, 3.05) is 0 Å². The van der Waals surface area contributed by atoms with Crippen molar-refractivity contribution in [1.29, 1.82) is 0 Å². The normalized spacial score (nSPS) is 11.9. The van der Waals surface area contributed by atoms with Crippen LogP contribution in [0.15, 0.2) is 57.8 Å². The van der Waals surface area contributed by atoms with E-state index in [0.29, 0.717) is 15.1 Å². The molecule has 0 amide bonds. The van der Waals surface area contributed by atoms with Crippen molar-refractivity contribution in [2.45, 2.75) is 4.90 Å². The van der Waals surface area contributed by atoms with Gasteiger partial charge in [-0.1, -0.05) is 18.2 Å². The lowest BCUT2D eigenvalue weighted by atomic mass is 10.3. The fraction of sp³-hybridized carbons (Fsp3) is 0. The smallest absolute Gasteiger partial charge is 0.141 e. The first-order valence-electron chi connectivity index (χ1n) is 5.46. The van der Waals surface area contributed by atoms with Crippen molar-refractivity contribution < 1.29 is 13.3 Å². The Kier molecular flexibility index (Phi) is 4.96. The molecule has 0 spiro atoms. The van der Waals surface area contributed by atoms with Gasteiger partial charge in [-0.15, -0.1) is 0 Å². The molecule has 0 fully saturated rings. The second-order valence-electron chi connectivity index (χ2n) is 3.76. The lowest BCUT2D eigenvalue weighted by molar-refractivity contribution is 0.473. The molecule has 0 aliphatic carbocycles. The zero-order valence-electron chi connectivity index (χ0n) is 10.1. The second-order valence-corrected chi connectivity index (χ2v) is 6.45. The highest BCUT2D eigenvalue weighted by molar-refractivity contribution is 9.10. The summed E-state index contributed by atoms with van der Waals surface area (Å²) >= 11 is 9.08. The van der Waals surface area contributed by atoms with Crippen molar-refractivity contribution in [3.8, 4) is 11.5 Å². The van der Waals surface area contributed by atoms with Crippen molar-refractivity contribution in [1.82, 2.24) is 0 Å². The largest absolute Gasteiger partial charge is 0.456 e. The summed E-state index contributed by atoms with van der Waals surface area (Å²) in [6, 6.07) is 8.88. The molecule has 0 saturated carbocycles. The zero-order valence-corrected chi connectivity index (χ0v) is 13.3.